The number of hydrogen-bond acceptors (Lipinski definition) is 5. The standard InChI is InChI=1S/C11H11BrFN3O4/c12-6-3-8(9(16(19)20)4-7(6)13)15-2-1-14-5-10(15)11(17)18/h3-4,10,14H,1-2,5H2,(H,17,18). The van der Waals surface area contributed by atoms with E-state index in [4.69, 9.17) is 0 Å². The number of piperazine rings is 1. The van der Waals surface area contributed by atoms with Crippen LogP contribution in [0.25, 0.3) is 0 Å². The van der Waals surface area contributed by atoms with Crippen LogP contribution in [0.4, 0.5) is 15.8 Å². The van der Waals surface area contributed by atoms with Crippen molar-refractivity contribution in [1.29, 1.82) is 0 Å². The van der Waals surface area contributed by atoms with Gasteiger partial charge in [-0.15, -0.1) is 0 Å². The predicted molar refractivity (Wildman–Crippen MR) is 72.4 cm³/mol. The Morgan fingerprint density at radius 1 is 1.60 bits per heavy atom. The molecular weight excluding hydrogens is 337 g/mol. The van der Waals surface area contributed by atoms with E-state index in [1.165, 1.54) is 11.0 Å². The number of nitrogens with one attached hydrogen (secondary N) is 1. The largest absolute Gasteiger partial charge is 0.480 e. The first-order valence-corrected chi connectivity index (χ1v) is 6.54. The van der Waals surface area contributed by atoms with Crippen LogP contribution in [0, 0.1) is 15.9 Å². The molecule has 0 spiro atoms. The summed E-state index contributed by atoms with van der Waals surface area (Å²) in [4.78, 5) is 23.0. The molecule has 1 saturated heterocycles. The molecule has 2 N–H and O–H groups in total. The maximum Gasteiger partial charge on any atom is 0.327 e. The van der Waals surface area contributed by atoms with Crippen molar-refractivity contribution >= 4 is 33.3 Å². The molecule has 0 aliphatic carbocycles. The van der Waals surface area contributed by atoms with Gasteiger partial charge in [0, 0.05) is 19.6 Å². The van der Waals surface area contributed by atoms with Crippen LogP contribution in [0.15, 0.2) is 16.6 Å². The number of halogens is 2. The van der Waals surface area contributed by atoms with Gasteiger partial charge in [0.25, 0.3) is 5.69 Å². The first kappa shape index (κ1) is 14.7. The highest BCUT2D eigenvalue weighted by atomic mass is 79.9. The van der Waals surface area contributed by atoms with E-state index < -0.39 is 28.4 Å². The molecule has 1 heterocycles. The average Bonchev–Trinajstić information content (AvgIpc) is 2.41. The fourth-order valence-corrected chi connectivity index (χ4v) is 2.45. The van der Waals surface area contributed by atoms with Crippen molar-refractivity contribution in [3.05, 3.63) is 32.5 Å². The number of aliphatic carboxylic acids is 1. The van der Waals surface area contributed by atoms with Crippen molar-refractivity contribution < 1.29 is 19.2 Å². The first-order chi connectivity index (χ1) is 9.41. The number of benzene rings is 1. The molecule has 1 fully saturated rings. The lowest BCUT2D eigenvalue weighted by Crippen LogP contribution is -2.55. The van der Waals surface area contributed by atoms with E-state index in [2.05, 4.69) is 21.2 Å². The van der Waals surface area contributed by atoms with Crippen LogP contribution < -0.4 is 10.2 Å². The highest BCUT2D eigenvalue weighted by Crippen LogP contribution is 2.34. The molecule has 108 valence electrons. The van der Waals surface area contributed by atoms with Gasteiger partial charge in [0.15, 0.2) is 0 Å². The molecule has 1 aliphatic rings. The van der Waals surface area contributed by atoms with Gasteiger partial charge in [-0.2, -0.15) is 0 Å². The van der Waals surface area contributed by atoms with Crippen molar-refractivity contribution in [2.24, 2.45) is 0 Å². The quantitative estimate of drug-likeness (QED) is 0.633. The number of rotatable bonds is 3. The number of anilines is 1. The molecule has 1 aromatic carbocycles. The fraction of sp³-hybridized carbons (Fsp3) is 0.364. The summed E-state index contributed by atoms with van der Waals surface area (Å²) in [6.45, 7) is 0.952. The molecule has 0 aromatic heterocycles. The molecule has 0 radical (unpaired) electrons. The zero-order valence-electron chi connectivity index (χ0n) is 10.2. The van der Waals surface area contributed by atoms with Gasteiger partial charge in [0.1, 0.15) is 17.5 Å². The maximum absolute atomic E-state index is 13.4. The van der Waals surface area contributed by atoms with Gasteiger partial charge >= 0.3 is 5.97 Å². The molecule has 9 heteroatoms. The zero-order chi connectivity index (χ0) is 14.9. The van der Waals surface area contributed by atoms with Crippen LogP contribution in [0.1, 0.15) is 0 Å². The first-order valence-electron chi connectivity index (χ1n) is 5.75. The molecule has 1 aromatic rings. The van der Waals surface area contributed by atoms with Crippen molar-refractivity contribution in [2.75, 3.05) is 24.5 Å². The van der Waals surface area contributed by atoms with Gasteiger partial charge in [-0.1, -0.05) is 0 Å². The van der Waals surface area contributed by atoms with Crippen molar-refractivity contribution in [2.45, 2.75) is 6.04 Å². The Balaban J connectivity index is 2.51. The van der Waals surface area contributed by atoms with E-state index in [1.54, 1.807) is 0 Å². The monoisotopic (exact) mass is 347 g/mol. The van der Waals surface area contributed by atoms with E-state index >= 15 is 0 Å². The molecule has 1 aliphatic heterocycles. The number of hydrogen-bond donors (Lipinski definition) is 2. The minimum atomic E-state index is -1.09. The molecular formula is C11H11BrFN3O4. The average molecular weight is 348 g/mol. The Morgan fingerprint density at radius 2 is 2.30 bits per heavy atom. The third-order valence-corrected chi connectivity index (χ3v) is 3.66. The molecule has 2 rings (SSSR count). The van der Waals surface area contributed by atoms with Crippen LogP contribution in [0.3, 0.4) is 0 Å². The summed E-state index contributed by atoms with van der Waals surface area (Å²) >= 11 is 2.97. The Morgan fingerprint density at radius 3 is 2.90 bits per heavy atom. The SMILES string of the molecule is O=C(O)C1CNCCN1c1cc(Br)c(F)cc1[N+](=O)[O-]. The van der Waals surface area contributed by atoms with Crippen LogP contribution in [-0.4, -0.2) is 41.7 Å². The number of nitro groups is 1. The summed E-state index contributed by atoms with van der Waals surface area (Å²) in [5, 5.41) is 23.1. The number of nitrogens with zero attached hydrogens (tertiary/aromatic N) is 2. The van der Waals surface area contributed by atoms with E-state index in [9.17, 15) is 24.4 Å². The lowest BCUT2D eigenvalue weighted by atomic mass is 10.1. The van der Waals surface area contributed by atoms with E-state index in [0.717, 1.165) is 6.07 Å². The van der Waals surface area contributed by atoms with Gasteiger partial charge in [-0.25, -0.2) is 9.18 Å². The zero-order valence-corrected chi connectivity index (χ0v) is 11.8. The van der Waals surface area contributed by atoms with Gasteiger partial charge in [0.05, 0.1) is 15.5 Å². The van der Waals surface area contributed by atoms with Crippen LogP contribution >= 0.6 is 15.9 Å². The molecule has 7 nitrogen and oxygen atoms in total. The predicted octanol–water partition coefficient (Wildman–Crippen LogP) is 1.36. The Labute approximate surface area is 121 Å². The van der Waals surface area contributed by atoms with Gasteiger partial charge in [-0.05, 0) is 22.0 Å². The van der Waals surface area contributed by atoms with E-state index in [1.807, 2.05) is 0 Å². The van der Waals surface area contributed by atoms with Crippen LogP contribution in [0.5, 0.6) is 0 Å². The lowest BCUT2D eigenvalue weighted by molar-refractivity contribution is -0.384. The van der Waals surface area contributed by atoms with Crippen molar-refractivity contribution in [1.82, 2.24) is 5.32 Å². The molecule has 0 amide bonds. The molecule has 1 unspecified atom stereocenters. The minimum Gasteiger partial charge on any atom is -0.480 e. The number of carboxylic acid groups (broad SMARTS) is 1. The topological polar surface area (TPSA) is 95.7 Å². The Kier molecular flexibility index (Phi) is 4.19. The summed E-state index contributed by atoms with van der Waals surface area (Å²) in [5.41, 5.74) is -0.351. The highest BCUT2D eigenvalue weighted by Gasteiger charge is 2.33. The van der Waals surface area contributed by atoms with Gasteiger partial charge < -0.3 is 15.3 Å². The summed E-state index contributed by atoms with van der Waals surface area (Å²) in [6, 6.07) is 1.11. The van der Waals surface area contributed by atoms with Crippen LogP contribution in [-0.2, 0) is 4.79 Å². The number of carboxylic acids is 1. The lowest BCUT2D eigenvalue weighted by Gasteiger charge is -2.34. The molecule has 0 saturated carbocycles. The second-order valence-electron chi connectivity index (χ2n) is 4.26. The van der Waals surface area contributed by atoms with Crippen molar-refractivity contribution in [3.63, 3.8) is 0 Å². The molecule has 0 bridgehead atoms. The molecule has 1 atom stereocenters. The van der Waals surface area contributed by atoms with Gasteiger partial charge in [0.2, 0.25) is 0 Å². The molecule has 20 heavy (non-hydrogen) atoms. The number of nitro benzene ring substituents is 1. The van der Waals surface area contributed by atoms with Crippen LogP contribution in [0.2, 0.25) is 0 Å². The highest BCUT2D eigenvalue weighted by molar-refractivity contribution is 9.10. The van der Waals surface area contributed by atoms with E-state index in [-0.39, 0.29) is 23.2 Å². The van der Waals surface area contributed by atoms with E-state index in [0.29, 0.717) is 6.54 Å². The second-order valence-corrected chi connectivity index (χ2v) is 5.12. The smallest absolute Gasteiger partial charge is 0.327 e. The third-order valence-electron chi connectivity index (χ3n) is 3.05. The maximum atomic E-state index is 13.4. The second kappa shape index (κ2) is 5.71. The summed E-state index contributed by atoms with van der Waals surface area (Å²) in [5.74, 6) is -1.85. The summed E-state index contributed by atoms with van der Waals surface area (Å²) in [6.07, 6.45) is 0. The number of carbonyl (C=O) groups is 1. The third kappa shape index (κ3) is 2.73. The Bertz CT molecular complexity index is 569. The normalized spacial score (nSPS) is 18.9. The Hall–Kier alpha value is -1.74. The fourth-order valence-electron chi connectivity index (χ4n) is 2.12. The summed E-state index contributed by atoms with van der Waals surface area (Å²) in [7, 11) is 0. The van der Waals surface area contributed by atoms with Crippen molar-refractivity contribution in [3.8, 4) is 0 Å². The summed E-state index contributed by atoms with van der Waals surface area (Å²) < 4.78 is 13.5. The van der Waals surface area contributed by atoms with Gasteiger partial charge in [-0.3, -0.25) is 10.1 Å². The minimum absolute atomic E-state index is 0.0563.